The van der Waals surface area contributed by atoms with Crippen LogP contribution in [-0.4, -0.2) is 5.91 Å². The Balaban J connectivity index is 1.97. The van der Waals surface area contributed by atoms with Gasteiger partial charge in [0.25, 0.3) is 5.91 Å². The number of anilines is 1. The van der Waals surface area contributed by atoms with E-state index in [1.54, 1.807) is 24.3 Å². The zero-order valence-corrected chi connectivity index (χ0v) is 12.3. The van der Waals surface area contributed by atoms with Crippen LogP contribution in [0.3, 0.4) is 0 Å². The summed E-state index contributed by atoms with van der Waals surface area (Å²) in [6.07, 6.45) is 0. The number of amides is 1. The number of carbonyl (C=O) groups is 1. The third-order valence-electron chi connectivity index (χ3n) is 3.37. The van der Waals surface area contributed by atoms with E-state index in [9.17, 15) is 9.59 Å². The smallest absolute Gasteiger partial charge is 0.344 e. The monoisotopic (exact) mass is 293 g/mol. The lowest BCUT2D eigenvalue weighted by Gasteiger charge is -2.07. The second-order valence-corrected chi connectivity index (χ2v) is 5.32. The molecule has 0 saturated carbocycles. The minimum atomic E-state index is -0.510. The third-order valence-corrected chi connectivity index (χ3v) is 3.37. The average molecular weight is 293 g/mol. The SMILES string of the molecule is Cc1cc(C)cc(NC(=O)c2cc3ccccc3c(=O)o2)c1. The zero-order valence-electron chi connectivity index (χ0n) is 12.3. The summed E-state index contributed by atoms with van der Waals surface area (Å²) in [4.78, 5) is 24.2. The van der Waals surface area contributed by atoms with E-state index in [2.05, 4.69) is 5.32 Å². The highest BCUT2D eigenvalue weighted by atomic mass is 16.4. The minimum Gasteiger partial charge on any atom is -0.417 e. The van der Waals surface area contributed by atoms with Gasteiger partial charge in [-0.25, -0.2) is 4.79 Å². The second kappa shape index (κ2) is 5.48. The Bertz CT molecular complexity index is 905. The number of hydrogen-bond donors (Lipinski definition) is 1. The van der Waals surface area contributed by atoms with Gasteiger partial charge < -0.3 is 9.73 Å². The molecular weight excluding hydrogens is 278 g/mol. The number of rotatable bonds is 2. The molecular formula is C18H15NO3. The first kappa shape index (κ1) is 14.1. The van der Waals surface area contributed by atoms with Crippen LogP contribution in [0, 0.1) is 13.8 Å². The molecule has 4 nitrogen and oxygen atoms in total. The molecule has 0 saturated heterocycles. The number of benzene rings is 2. The summed E-state index contributed by atoms with van der Waals surface area (Å²) >= 11 is 0. The van der Waals surface area contributed by atoms with Crippen molar-refractivity contribution in [3.8, 4) is 0 Å². The zero-order chi connectivity index (χ0) is 15.7. The van der Waals surface area contributed by atoms with Crippen LogP contribution >= 0.6 is 0 Å². The molecule has 0 aliphatic carbocycles. The lowest BCUT2D eigenvalue weighted by Crippen LogP contribution is -2.15. The number of carbonyl (C=O) groups excluding carboxylic acids is 1. The van der Waals surface area contributed by atoms with Crippen molar-refractivity contribution >= 4 is 22.4 Å². The van der Waals surface area contributed by atoms with E-state index in [4.69, 9.17) is 4.42 Å². The van der Waals surface area contributed by atoms with Crippen LogP contribution < -0.4 is 10.9 Å². The summed E-state index contributed by atoms with van der Waals surface area (Å²) in [5.41, 5.74) is 2.27. The van der Waals surface area contributed by atoms with E-state index in [1.165, 1.54) is 0 Å². The summed E-state index contributed by atoms with van der Waals surface area (Å²) < 4.78 is 5.12. The van der Waals surface area contributed by atoms with Crippen LogP contribution in [0.15, 0.2) is 57.7 Å². The van der Waals surface area contributed by atoms with Crippen LogP contribution in [-0.2, 0) is 0 Å². The first-order valence-electron chi connectivity index (χ1n) is 6.95. The topological polar surface area (TPSA) is 59.3 Å². The second-order valence-electron chi connectivity index (χ2n) is 5.32. The van der Waals surface area contributed by atoms with Gasteiger partial charge in [-0.2, -0.15) is 0 Å². The summed E-state index contributed by atoms with van der Waals surface area (Å²) in [6.45, 7) is 3.91. The largest absolute Gasteiger partial charge is 0.417 e. The molecule has 1 N–H and O–H groups in total. The minimum absolute atomic E-state index is 0.00265. The Labute approximate surface area is 127 Å². The maximum atomic E-state index is 12.3. The standard InChI is InChI=1S/C18H15NO3/c1-11-7-12(2)9-14(8-11)19-17(20)16-10-13-5-3-4-6-15(13)18(21)22-16/h3-10H,1-2H3,(H,19,20). The van der Waals surface area contributed by atoms with Gasteiger partial charge in [-0.3, -0.25) is 4.79 Å². The van der Waals surface area contributed by atoms with Crippen molar-refractivity contribution in [3.05, 3.63) is 75.8 Å². The average Bonchev–Trinajstić information content (AvgIpc) is 2.46. The Morgan fingerprint density at radius 2 is 1.68 bits per heavy atom. The van der Waals surface area contributed by atoms with Gasteiger partial charge in [0, 0.05) is 5.69 Å². The number of hydrogen-bond acceptors (Lipinski definition) is 3. The number of aryl methyl sites for hydroxylation is 2. The van der Waals surface area contributed by atoms with Gasteiger partial charge in [-0.1, -0.05) is 24.3 Å². The Kier molecular flexibility index (Phi) is 3.51. The van der Waals surface area contributed by atoms with Gasteiger partial charge in [0.15, 0.2) is 5.76 Å². The third kappa shape index (κ3) is 2.76. The molecule has 0 radical (unpaired) electrons. The highest BCUT2D eigenvalue weighted by Crippen LogP contribution is 2.16. The molecule has 2 aromatic carbocycles. The van der Waals surface area contributed by atoms with Crippen molar-refractivity contribution < 1.29 is 9.21 Å². The maximum absolute atomic E-state index is 12.3. The van der Waals surface area contributed by atoms with Gasteiger partial charge in [0.2, 0.25) is 0 Å². The normalized spacial score (nSPS) is 10.6. The molecule has 0 atom stereocenters. The lowest BCUT2D eigenvalue weighted by molar-refractivity contribution is 0.0993. The molecule has 0 spiro atoms. The highest BCUT2D eigenvalue weighted by Gasteiger charge is 2.12. The van der Waals surface area contributed by atoms with Gasteiger partial charge in [0.05, 0.1) is 5.39 Å². The first-order chi connectivity index (χ1) is 10.5. The molecule has 22 heavy (non-hydrogen) atoms. The summed E-state index contributed by atoms with van der Waals surface area (Å²) in [6, 6.07) is 14.4. The molecule has 1 amide bonds. The van der Waals surface area contributed by atoms with E-state index in [1.807, 2.05) is 38.1 Å². The number of fused-ring (bicyclic) bond motifs is 1. The molecule has 3 rings (SSSR count). The molecule has 4 heteroatoms. The van der Waals surface area contributed by atoms with E-state index in [0.29, 0.717) is 16.5 Å². The fourth-order valence-electron chi connectivity index (χ4n) is 2.49. The first-order valence-corrected chi connectivity index (χ1v) is 6.95. The molecule has 1 aromatic heterocycles. The van der Waals surface area contributed by atoms with Crippen LogP contribution in [0.4, 0.5) is 5.69 Å². The Hall–Kier alpha value is -2.88. The maximum Gasteiger partial charge on any atom is 0.344 e. The molecule has 0 fully saturated rings. The highest BCUT2D eigenvalue weighted by molar-refractivity contribution is 6.04. The van der Waals surface area contributed by atoms with Crippen LogP contribution in [0.1, 0.15) is 21.7 Å². The van der Waals surface area contributed by atoms with Gasteiger partial charge in [0.1, 0.15) is 0 Å². The Morgan fingerprint density at radius 3 is 2.41 bits per heavy atom. The van der Waals surface area contributed by atoms with E-state index >= 15 is 0 Å². The van der Waals surface area contributed by atoms with Gasteiger partial charge in [-0.15, -0.1) is 0 Å². The van der Waals surface area contributed by atoms with Gasteiger partial charge >= 0.3 is 5.63 Å². The molecule has 1 heterocycles. The molecule has 0 bridgehead atoms. The molecule has 0 unspecified atom stereocenters. The van der Waals surface area contributed by atoms with Crippen LogP contribution in [0.5, 0.6) is 0 Å². The van der Waals surface area contributed by atoms with Crippen LogP contribution in [0.25, 0.3) is 10.8 Å². The fourth-order valence-corrected chi connectivity index (χ4v) is 2.49. The van der Waals surface area contributed by atoms with Crippen LogP contribution in [0.2, 0.25) is 0 Å². The fraction of sp³-hybridized carbons (Fsp3) is 0.111. The quantitative estimate of drug-likeness (QED) is 0.784. The predicted octanol–water partition coefficient (Wildman–Crippen LogP) is 3.66. The van der Waals surface area contributed by atoms with Crippen molar-refractivity contribution in [3.63, 3.8) is 0 Å². The number of nitrogens with one attached hydrogen (secondary N) is 1. The van der Waals surface area contributed by atoms with Crippen molar-refractivity contribution in [2.75, 3.05) is 5.32 Å². The van der Waals surface area contributed by atoms with Gasteiger partial charge in [-0.05, 0) is 54.6 Å². The van der Waals surface area contributed by atoms with Crippen molar-refractivity contribution in [2.24, 2.45) is 0 Å². The van der Waals surface area contributed by atoms with Crippen molar-refractivity contribution in [1.29, 1.82) is 0 Å². The predicted molar refractivity (Wildman–Crippen MR) is 86.4 cm³/mol. The van der Waals surface area contributed by atoms with E-state index in [-0.39, 0.29) is 5.76 Å². The van der Waals surface area contributed by atoms with Crippen molar-refractivity contribution in [2.45, 2.75) is 13.8 Å². The summed E-state index contributed by atoms with van der Waals surface area (Å²) in [5.74, 6) is -0.435. The summed E-state index contributed by atoms with van der Waals surface area (Å²) in [5, 5.41) is 3.91. The molecule has 110 valence electrons. The Morgan fingerprint density at radius 1 is 1.00 bits per heavy atom. The van der Waals surface area contributed by atoms with E-state index in [0.717, 1.165) is 11.1 Å². The van der Waals surface area contributed by atoms with E-state index < -0.39 is 11.5 Å². The summed E-state index contributed by atoms with van der Waals surface area (Å²) in [7, 11) is 0. The lowest BCUT2D eigenvalue weighted by atomic mass is 10.1. The molecule has 0 aliphatic rings. The van der Waals surface area contributed by atoms with Crippen molar-refractivity contribution in [1.82, 2.24) is 0 Å². The molecule has 0 aliphatic heterocycles. The molecule has 3 aromatic rings.